The van der Waals surface area contributed by atoms with Crippen molar-refractivity contribution in [2.75, 3.05) is 19.0 Å². The fourth-order valence-corrected chi connectivity index (χ4v) is 6.52. The Bertz CT molecular complexity index is 1280. The van der Waals surface area contributed by atoms with E-state index in [1.54, 1.807) is 12.0 Å². The molecule has 1 aliphatic heterocycles. The summed E-state index contributed by atoms with van der Waals surface area (Å²) in [4.78, 5) is 40.0. The molecule has 2 N–H and O–H groups in total. The second kappa shape index (κ2) is 10.1. The first-order valence-corrected chi connectivity index (χ1v) is 13.3. The molecule has 0 spiro atoms. The number of methoxy groups -OCH3 is 1. The van der Waals surface area contributed by atoms with E-state index < -0.39 is 12.0 Å². The van der Waals surface area contributed by atoms with E-state index in [1.165, 1.54) is 6.07 Å². The lowest BCUT2D eigenvalue weighted by Gasteiger charge is -2.42. The van der Waals surface area contributed by atoms with Crippen LogP contribution in [0.15, 0.2) is 30.3 Å². The number of hydrogen-bond donors (Lipinski definition) is 2. The summed E-state index contributed by atoms with van der Waals surface area (Å²) in [6, 6.07) is 8.18. The number of nitrogens with one attached hydrogen (secondary N) is 1. The minimum absolute atomic E-state index is 0.0129. The first-order chi connectivity index (χ1) is 18.1. The van der Waals surface area contributed by atoms with Crippen molar-refractivity contribution >= 4 is 23.5 Å². The highest BCUT2D eigenvalue weighted by atomic mass is 19.1. The minimum atomic E-state index is -0.859. The predicted octanol–water partition coefficient (Wildman–Crippen LogP) is 4.76. The van der Waals surface area contributed by atoms with E-state index in [0.717, 1.165) is 35.1 Å². The molecular formula is C30H35FN2O5. The lowest BCUT2D eigenvalue weighted by Crippen LogP contribution is -2.50. The standard InChI is InChI=1S/C30H35FN2O5/c1-30(2)8-6-20-14-22(15-24(31)26(20)30)32-28(36)27-23-5-4-17(16-38-3)10-19(23)7-9-33(27)29(37)21-11-18(12-21)13-25(34)35/h4-5,10,14-15,18,21,27H,6-9,11-13,16H2,1-3H3,(H,32,36)(H,34,35)/t18-,21+,27-/m1/s1. The van der Waals surface area contributed by atoms with E-state index in [-0.39, 0.29) is 41.3 Å². The van der Waals surface area contributed by atoms with Crippen LogP contribution in [0.25, 0.3) is 0 Å². The molecule has 7 nitrogen and oxygen atoms in total. The fourth-order valence-electron chi connectivity index (χ4n) is 6.52. The molecule has 0 unspecified atom stereocenters. The molecule has 1 heterocycles. The predicted molar refractivity (Wildman–Crippen MR) is 140 cm³/mol. The molecule has 0 aromatic heterocycles. The van der Waals surface area contributed by atoms with Crippen molar-refractivity contribution in [3.05, 3.63) is 64.0 Å². The van der Waals surface area contributed by atoms with Crippen LogP contribution in [0.2, 0.25) is 0 Å². The number of rotatable bonds is 7. The first-order valence-electron chi connectivity index (χ1n) is 13.3. The van der Waals surface area contributed by atoms with Crippen molar-refractivity contribution in [2.24, 2.45) is 11.8 Å². The van der Waals surface area contributed by atoms with Crippen molar-refractivity contribution in [2.45, 2.75) is 70.4 Å². The summed E-state index contributed by atoms with van der Waals surface area (Å²) in [5.74, 6) is -1.98. The number of aliphatic carboxylic acids is 1. The van der Waals surface area contributed by atoms with Gasteiger partial charge in [0.15, 0.2) is 0 Å². The third kappa shape index (κ3) is 4.94. The highest BCUT2D eigenvalue weighted by Gasteiger charge is 2.43. The van der Waals surface area contributed by atoms with Gasteiger partial charge in [0.25, 0.3) is 5.91 Å². The summed E-state index contributed by atoms with van der Waals surface area (Å²) in [5, 5.41) is 12.0. The molecule has 0 radical (unpaired) electrons. The Morgan fingerprint density at radius 3 is 2.61 bits per heavy atom. The highest BCUT2D eigenvalue weighted by molar-refractivity contribution is 5.99. The molecule has 202 valence electrons. The highest BCUT2D eigenvalue weighted by Crippen LogP contribution is 2.43. The Balaban J connectivity index is 1.42. The van der Waals surface area contributed by atoms with E-state index in [0.29, 0.717) is 43.7 Å². The lowest BCUT2D eigenvalue weighted by atomic mass is 9.72. The Morgan fingerprint density at radius 1 is 1.13 bits per heavy atom. The number of carbonyl (C=O) groups is 3. The van der Waals surface area contributed by atoms with Gasteiger partial charge in [-0.1, -0.05) is 32.0 Å². The van der Waals surface area contributed by atoms with E-state index >= 15 is 4.39 Å². The number of halogens is 1. The average molecular weight is 523 g/mol. The van der Waals surface area contributed by atoms with Crippen molar-refractivity contribution in [3.8, 4) is 0 Å². The van der Waals surface area contributed by atoms with Crippen LogP contribution in [0.3, 0.4) is 0 Å². The molecule has 8 heteroatoms. The molecule has 2 aromatic carbocycles. The average Bonchev–Trinajstić information content (AvgIpc) is 3.14. The number of carboxylic acid groups (broad SMARTS) is 1. The normalized spacial score (nSPS) is 23.3. The lowest BCUT2D eigenvalue weighted by molar-refractivity contribution is -0.149. The molecule has 1 fully saturated rings. The largest absolute Gasteiger partial charge is 0.481 e. The third-order valence-corrected chi connectivity index (χ3v) is 8.46. The number of ether oxygens (including phenoxy) is 1. The number of hydrogen-bond acceptors (Lipinski definition) is 4. The molecule has 3 aliphatic rings. The van der Waals surface area contributed by atoms with Gasteiger partial charge in [-0.3, -0.25) is 14.4 Å². The topological polar surface area (TPSA) is 95.9 Å². The maximum Gasteiger partial charge on any atom is 0.303 e. The number of anilines is 1. The molecule has 0 bridgehead atoms. The van der Waals surface area contributed by atoms with Crippen LogP contribution in [0.4, 0.5) is 10.1 Å². The number of benzene rings is 2. The summed E-state index contributed by atoms with van der Waals surface area (Å²) in [6.45, 7) is 4.89. The zero-order chi connectivity index (χ0) is 27.2. The second-order valence-corrected chi connectivity index (χ2v) is 11.6. The van der Waals surface area contributed by atoms with Gasteiger partial charge in [-0.25, -0.2) is 4.39 Å². The van der Waals surface area contributed by atoms with Gasteiger partial charge in [0.1, 0.15) is 11.9 Å². The molecule has 2 amide bonds. The van der Waals surface area contributed by atoms with Crippen molar-refractivity contribution < 1.29 is 28.6 Å². The molecule has 5 rings (SSSR count). The van der Waals surface area contributed by atoms with E-state index in [1.807, 2.05) is 38.1 Å². The SMILES string of the molecule is COCc1ccc2c(c1)CCN(C(=O)[C@H]1C[C@@H](CC(=O)O)C1)[C@H]2C(=O)Nc1cc(F)c2c(c1)CCC2(C)C. The quantitative estimate of drug-likeness (QED) is 0.547. The van der Waals surface area contributed by atoms with Crippen LogP contribution in [-0.4, -0.2) is 41.4 Å². The smallest absolute Gasteiger partial charge is 0.303 e. The van der Waals surface area contributed by atoms with E-state index in [9.17, 15) is 14.4 Å². The van der Waals surface area contributed by atoms with Gasteiger partial charge in [-0.15, -0.1) is 0 Å². The number of aryl methyl sites for hydroxylation is 1. The molecule has 2 aliphatic carbocycles. The zero-order valence-corrected chi connectivity index (χ0v) is 22.2. The third-order valence-electron chi connectivity index (χ3n) is 8.46. The second-order valence-electron chi connectivity index (χ2n) is 11.6. The Kier molecular flexibility index (Phi) is 7.03. The van der Waals surface area contributed by atoms with Crippen LogP contribution in [-0.2, 0) is 44.0 Å². The molecular weight excluding hydrogens is 487 g/mol. The maximum absolute atomic E-state index is 15.1. The molecule has 1 atom stereocenters. The molecule has 2 aromatic rings. The van der Waals surface area contributed by atoms with Crippen molar-refractivity contribution in [3.63, 3.8) is 0 Å². The summed E-state index contributed by atoms with van der Waals surface area (Å²) in [5.41, 5.74) is 4.50. The van der Waals surface area contributed by atoms with Gasteiger partial charge in [-0.2, -0.15) is 0 Å². The number of fused-ring (bicyclic) bond motifs is 2. The Hall–Kier alpha value is -3.26. The van der Waals surface area contributed by atoms with Crippen LogP contribution in [0.1, 0.15) is 73.4 Å². The summed E-state index contributed by atoms with van der Waals surface area (Å²) in [7, 11) is 1.63. The summed E-state index contributed by atoms with van der Waals surface area (Å²) >= 11 is 0. The maximum atomic E-state index is 15.1. The minimum Gasteiger partial charge on any atom is -0.481 e. The number of nitrogens with zero attached hydrogens (tertiary/aromatic N) is 1. The van der Waals surface area contributed by atoms with Crippen molar-refractivity contribution in [1.82, 2.24) is 4.90 Å². The number of amides is 2. The summed E-state index contributed by atoms with van der Waals surface area (Å²) < 4.78 is 20.4. The van der Waals surface area contributed by atoms with Gasteiger partial charge in [0.2, 0.25) is 5.91 Å². The van der Waals surface area contributed by atoms with E-state index in [2.05, 4.69) is 5.32 Å². The van der Waals surface area contributed by atoms with Gasteiger partial charge in [0, 0.05) is 31.7 Å². The van der Waals surface area contributed by atoms with Gasteiger partial charge >= 0.3 is 5.97 Å². The molecule has 38 heavy (non-hydrogen) atoms. The Labute approximate surface area is 222 Å². The van der Waals surface area contributed by atoms with Crippen LogP contribution in [0.5, 0.6) is 0 Å². The van der Waals surface area contributed by atoms with Gasteiger partial charge in [-0.05, 0) is 83.4 Å². The number of carbonyl (C=O) groups excluding carboxylic acids is 2. The van der Waals surface area contributed by atoms with Crippen LogP contribution in [0, 0.1) is 17.7 Å². The zero-order valence-electron chi connectivity index (χ0n) is 22.2. The molecule has 0 saturated heterocycles. The van der Waals surface area contributed by atoms with Gasteiger partial charge in [0.05, 0.1) is 6.61 Å². The summed E-state index contributed by atoms with van der Waals surface area (Å²) in [6.07, 6.45) is 3.29. The number of carboxylic acids is 1. The Morgan fingerprint density at radius 2 is 1.89 bits per heavy atom. The van der Waals surface area contributed by atoms with Crippen LogP contribution < -0.4 is 5.32 Å². The monoisotopic (exact) mass is 522 g/mol. The fraction of sp³-hybridized carbons (Fsp3) is 0.500. The van der Waals surface area contributed by atoms with E-state index in [4.69, 9.17) is 9.84 Å². The van der Waals surface area contributed by atoms with Crippen LogP contribution >= 0.6 is 0 Å². The van der Waals surface area contributed by atoms with Gasteiger partial charge < -0.3 is 20.1 Å². The van der Waals surface area contributed by atoms with Crippen molar-refractivity contribution in [1.29, 1.82) is 0 Å². The molecule has 1 saturated carbocycles. The first kappa shape index (κ1) is 26.4.